The number of rotatable bonds is 7. The van der Waals surface area contributed by atoms with E-state index in [9.17, 15) is 4.79 Å². The van der Waals surface area contributed by atoms with Gasteiger partial charge in [0.05, 0.1) is 11.5 Å². The van der Waals surface area contributed by atoms with Crippen molar-refractivity contribution in [2.24, 2.45) is 5.10 Å². The van der Waals surface area contributed by atoms with Gasteiger partial charge in [-0.15, -0.1) is 10.2 Å². The van der Waals surface area contributed by atoms with Crippen LogP contribution in [0.25, 0.3) is 17.1 Å². The fourth-order valence-corrected chi connectivity index (χ4v) is 3.98. The molecule has 1 heterocycles. The van der Waals surface area contributed by atoms with E-state index in [1.807, 2.05) is 66.1 Å². The fourth-order valence-electron chi connectivity index (χ4n) is 3.23. The molecule has 0 aliphatic rings. The van der Waals surface area contributed by atoms with Crippen molar-refractivity contribution in [3.63, 3.8) is 0 Å². The third kappa shape index (κ3) is 5.56. The minimum Gasteiger partial charge on any atom is -0.272 e. The number of hydrazone groups is 1. The number of aromatic nitrogens is 3. The lowest BCUT2D eigenvalue weighted by atomic mass is 10.1. The molecule has 0 radical (unpaired) electrons. The molecule has 4 aromatic rings. The summed E-state index contributed by atoms with van der Waals surface area (Å²) in [7, 11) is 0. The van der Waals surface area contributed by atoms with E-state index < -0.39 is 0 Å². The molecule has 1 N–H and O–H groups in total. The SMILES string of the molecule is CC(=NNC(=O)CSc1nnc(-c2ccc(C)cc2)n1-c1ccc(C)cc1)c1ccccc1. The molecule has 0 aliphatic carbocycles. The van der Waals surface area contributed by atoms with Crippen molar-refractivity contribution in [2.45, 2.75) is 25.9 Å². The maximum absolute atomic E-state index is 12.5. The molecule has 0 fully saturated rings. The fraction of sp³-hybridized carbons (Fsp3) is 0.154. The maximum Gasteiger partial charge on any atom is 0.250 e. The Morgan fingerprint density at radius 1 is 0.909 bits per heavy atom. The van der Waals surface area contributed by atoms with Gasteiger partial charge in [0.2, 0.25) is 0 Å². The average Bonchev–Trinajstić information content (AvgIpc) is 3.26. The Labute approximate surface area is 197 Å². The Kier molecular flexibility index (Phi) is 7.00. The van der Waals surface area contributed by atoms with Crippen LogP contribution in [0, 0.1) is 13.8 Å². The number of hydrogen-bond acceptors (Lipinski definition) is 5. The van der Waals surface area contributed by atoms with Crippen LogP contribution in [0.4, 0.5) is 0 Å². The normalized spacial score (nSPS) is 11.4. The van der Waals surface area contributed by atoms with E-state index in [1.54, 1.807) is 0 Å². The van der Waals surface area contributed by atoms with Crippen molar-refractivity contribution >= 4 is 23.4 Å². The van der Waals surface area contributed by atoms with Gasteiger partial charge >= 0.3 is 0 Å². The zero-order valence-corrected chi connectivity index (χ0v) is 19.6. The summed E-state index contributed by atoms with van der Waals surface area (Å²) in [6.07, 6.45) is 0. The number of carbonyl (C=O) groups excluding carboxylic acids is 1. The molecule has 0 unspecified atom stereocenters. The molecule has 3 aromatic carbocycles. The molecule has 0 saturated carbocycles. The molecule has 4 rings (SSSR count). The minimum atomic E-state index is -0.203. The molecule has 7 heteroatoms. The lowest BCUT2D eigenvalue weighted by molar-refractivity contribution is -0.118. The Hall–Kier alpha value is -3.71. The molecular formula is C26H25N5OS. The summed E-state index contributed by atoms with van der Waals surface area (Å²) < 4.78 is 1.99. The highest BCUT2D eigenvalue weighted by molar-refractivity contribution is 7.99. The van der Waals surface area contributed by atoms with Crippen LogP contribution in [-0.2, 0) is 4.79 Å². The number of nitrogens with zero attached hydrogens (tertiary/aromatic N) is 4. The summed E-state index contributed by atoms with van der Waals surface area (Å²) in [5.41, 5.74) is 8.61. The van der Waals surface area contributed by atoms with Crippen molar-refractivity contribution < 1.29 is 4.79 Å². The summed E-state index contributed by atoms with van der Waals surface area (Å²) in [5.74, 6) is 0.703. The molecular weight excluding hydrogens is 430 g/mol. The molecule has 0 spiro atoms. The number of thioether (sulfide) groups is 1. The van der Waals surface area contributed by atoms with E-state index in [1.165, 1.54) is 22.9 Å². The Balaban J connectivity index is 1.54. The molecule has 1 amide bonds. The summed E-state index contributed by atoms with van der Waals surface area (Å²) >= 11 is 1.33. The lowest BCUT2D eigenvalue weighted by Gasteiger charge is -2.11. The van der Waals surface area contributed by atoms with E-state index >= 15 is 0 Å². The van der Waals surface area contributed by atoms with Gasteiger partial charge in [-0.05, 0) is 38.5 Å². The predicted molar refractivity (Wildman–Crippen MR) is 134 cm³/mol. The molecule has 0 saturated heterocycles. The topological polar surface area (TPSA) is 72.2 Å². The number of benzene rings is 3. The highest BCUT2D eigenvalue weighted by Gasteiger charge is 2.17. The first kappa shape index (κ1) is 22.5. The third-order valence-electron chi connectivity index (χ3n) is 5.11. The average molecular weight is 456 g/mol. The van der Waals surface area contributed by atoms with Gasteiger partial charge < -0.3 is 0 Å². The van der Waals surface area contributed by atoms with Crippen LogP contribution >= 0.6 is 11.8 Å². The van der Waals surface area contributed by atoms with Crippen LogP contribution in [0.3, 0.4) is 0 Å². The molecule has 33 heavy (non-hydrogen) atoms. The van der Waals surface area contributed by atoms with Gasteiger partial charge in [-0.2, -0.15) is 5.10 Å². The molecule has 0 bridgehead atoms. The summed E-state index contributed by atoms with van der Waals surface area (Å²) in [6, 6.07) is 26.1. The van der Waals surface area contributed by atoms with Crippen LogP contribution < -0.4 is 5.43 Å². The monoisotopic (exact) mass is 455 g/mol. The third-order valence-corrected chi connectivity index (χ3v) is 6.04. The summed E-state index contributed by atoms with van der Waals surface area (Å²) in [5, 5.41) is 13.7. The molecule has 0 atom stereocenters. The Morgan fingerprint density at radius 3 is 2.21 bits per heavy atom. The van der Waals surface area contributed by atoms with Gasteiger partial charge in [0.25, 0.3) is 5.91 Å². The number of nitrogens with one attached hydrogen (secondary N) is 1. The van der Waals surface area contributed by atoms with Gasteiger partial charge in [0.1, 0.15) is 0 Å². The second kappa shape index (κ2) is 10.3. The van der Waals surface area contributed by atoms with Crippen molar-refractivity contribution in [1.82, 2.24) is 20.2 Å². The molecule has 166 valence electrons. The van der Waals surface area contributed by atoms with Gasteiger partial charge in [-0.3, -0.25) is 9.36 Å². The zero-order valence-electron chi connectivity index (χ0n) is 18.8. The van der Waals surface area contributed by atoms with Gasteiger partial charge in [0.15, 0.2) is 11.0 Å². The Bertz CT molecular complexity index is 1260. The smallest absolute Gasteiger partial charge is 0.250 e. The predicted octanol–water partition coefficient (Wildman–Crippen LogP) is 5.18. The van der Waals surface area contributed by atoms with E-state index in [2.05, 4.69) is 58.8 Å². The van der Waals surface area contributed by atoms with Crippen molar-refractivity contribution in [1.29, 1.82) is 0 Å². The van der Waals surface area contributed by atoms with E-state index in [4.69, 9.17) is 0 Å². The molecule has 0 aliphatic heterocycles. The largest absolute Gasteiger partial charge is 0.272 e. The van der Waals surface area contributed by atoms with Gasteiger partial charge in [-0.1, -0.05) is 89.6 Å². The quantitative estimate of drug-likeness (QED) is 0.237. The van der Waals surface area contributed by atoms with Gasteiger partial charge in [0, 0.05) is 11.3 Å². The van der Waals surface area contributed by atoms with Crippen LogP contribution in [0.2, 0.25) is 0 Å². The van der Waals surface area contributed by atoms with Crippen LogP contribution in [-0.4, -0.2) is 32.1 Å². The first-order valence-corrected chi connectivity index (χ1v) is 11.6. The maximum atomic E-state index is 12.5. The highest BCUT2D eigenvalue weighted by Crippen LogP contribution is 2.28. The van der Waals surface area contributed by atoms with Crippen LogP contribution in [0.15, 0.2) is 89.1 Å². The standard InChI is InChI=1S/C26H25N5OS/c1-18-9-13-22(14-10-18)25-29-30-26(31(25)23-15-11-19(2)12-16-23)33-17-24(32)28-27-20(3)21-7-5-4-6-8-21/h4-16H,17H2,1-3H3,(H,28,32). The molecule has 1 aromatic heterocycles. The van der Waals surface area contributed by atoms with E-state index in [-0.39, 0.29) is 11.7 Å². The summed E-state index contributed by atoms with van der Waals surface area (Å²) in [4.78, 5) is 12.5. The van der Waals surface area contributed by atoms with E-state index in [0.29, 0.717) is 5.16 Å². The number of carbonyl (C=O) groups is 1. The number of hydrogen-bond donors (Lipinski definition) is 1. The lowest BCUT2D eigenvalue weighted by Crippen LogP contribution is -2.21. The first-order valence-electron chi connectivity index (χ1n) is 10.6. The van der Waals surface area contributed by atoms with Crippen LogP contribution in [0.1, 0.15) is 23.6 Å². The number of aryl methyl sites for hydroxylation is 2. The van der Waals surface area contributed by atoms with Crippen molar-refractivity contribution in [3.05, 3.63) is 95.6 Å². The van der Waals surface area contributed by atoms with E-state index in [0.717, 1.165) is 28.4 Å². The zero-order chi connectivity index (χ0) is 23.2. The van der Waals surface area contributed by atoms with Crippen LogP contribution in [0.5, 0.6) is 0 Å². The molecule has 6 nitrogen and oxygen atoms in total. The van der Waals surface area contributed by atoms with Gasteiger partial charge in [-0.25, -0.2) is 5.43 Å². The highest BCUT2D eigenvalue weighted by atomic mass is 32.2. The number of amides is 1. The second-order valence-corrected chi connectivity index (χ2v) is 8.67. The second-order valence-electron chi connectivity index (χ2n) is 7.73. The summed E-state index contributed by atoms with van der Waals surface area (Å²) in [6.45, 7) is 5.97. The Morgan fingerprint density at radius 2 is 1.55 bits per heavy atom. The van der Waals surface area contributed by atoms with Crippen molar-refractivity contribution in [3.8, 4) is 17.1 Å². The van der Waals surface area contributed by atoms with Crippen molar-refractivity contribution in [2.75, 3.05) is 5.75 Å². The first-order chi connectivity index (χ1) is 16.0. The minimum absolute atomic E-state index is 0.170.